The Balaban J connectivity index is 1.47. The van der Waals surface area contributed by atoms with Gasteiger partial charge in [-0.15, -0.1) is 0 Å². The molecule has 0 spiro atoms. The largest absolute Gasteiger partial charge is 0.496 e. The number of nitrogens with one attached hydrogen (secondary N) is 2. The molecule has 4 rings (SSSR count). The van der Waals surface area contributed by atoms with E-state index >= 15 is 0 Å². The number of carbonyl (C=O) groups is 1. The van der Waals surface area contributed by atoms with Crippen LogP contribution in [0.1, 0.15) is 72.2 Å². The fourth-order valence-electron chi connectivity index (χ4n) is 4.68. The van der Waals surface area contributed by atoms with E-state index in [9.17, 15) is 4.79 Å². The van der Waals surface area contributed by atoms with Crippen LogP contribution in [0.2, 0.25) is 0 Å². The van der Waals surface area contributed by atoms with Crippen LogP contribution in [0.4, 0.5) is 0 Å². The van der Waals surface area contributed by atoms with Gasteiger partial charge in [0, 0.05) is 35.8 Å². The molecule has 1 unspecified atom stereocenters. The number of aromatic amines is 1. The third-order valence-electron chi connectivity index (χ3n) is 6.99. The maximum Gasteiger partial charge on any atom is 0.291 e. The Morgan fingerprint density at radius 2 is 1.82 bits per heavy atom. The fourth-order valence-corrected chi connectivity index (χ4v) is 4.68. The Bertz CT molecular complexity index is 1320. The number of aromatic nitrogens is 2. The normalized spacial score (nSPS) is 15.8. The zero-order chi connectivity index (χ0) is 27.4. The lowest BCUT2D eigenvalue weighted by atomic mass is 9.92. The molecule has 2 heterocycles. The predicted octanol–water partition coefficient (Wildman–Crippen LogP) is 4.62. The van der Waals surface area contributed by atoms with Crippen molar-refractivity contribution in [3.63, 3.8) is 0 Å². The number of hydrazone groups is 1. The molecule has 0 bridgehead atoms. The van der Waals surface area contributed by atoms with Gasteiger partial charge < -0.3 is 14.2 Å². The van der Waals surface area contributed by atoms with E-state index in [4.69, 9.17) is 14.2 Å². The maximum absolute atomic E-state index is 12.5. The van der Waals surface area contributed by atoms with Gasteiger partial charge in [0.2, 0.25) is 0 Å². The van der Waals surface area contributed by atoms with E-state index in [2.05, 4.69) is 65.5 Å². The molecule has 2 N–H and O–H groups in total. The standard InChI is InChI=1S/C29H37N5O4/c1-18-22-14-26(38-7)25(37-6)13-20(22)10-11-34(18)17-21-12-19(8-9-24(21)36-5)16-30-33-28(35)23-15-27(32-31-23)29(2,3)4/h8-9,12-16,18H,10-11,17H2,1-7H3,(H,31,32)(H,33,35)/b30-16+. The summed E-state index contributed by atoms with van der Waals surface area (Å²) in [6.07, 6.45) is 2.55. The number of rotatable bonds is 8. The number of H-pyrrole nitrogens is 1. The zero-order valence-electron chi connectivity index (χ0n) is 23.2. The van der Waals surface area contributed by atoms with Gasteiger partial charge in [-0.25, -0.2) is 5.43 Å². The van der Waals surface area contributed by atoms with E-state index in [0.29, 0.717) is 12.2 Å². The molecule has 202 valence electrons. The maximum atomic E-state index is 12.5. The van der Waals surface area contributed by atoms with E-state index < -0.39 is 0 Å². The predicted molar refractivity (Wildman–Crippen MR) is 147 cm³/mol. The van der Waals surface area contributed by atoms with Crippen LogP contribution in [-0.2, 0) is 18.4 Å². The third-order valence-corrected chi connectivity index (χ3v) is 6.99. The molecule has 38 heavy (non-hydrogen) atoms. The molecule has 1 amide bonds. The first-order valence-electron chi connectivity index (χ1n) is 12.7. The molecular weight excluding hydrogens is 482 g/mol. The van der Waals surface area contributed by atoms with Gasteiger partial charge in [0.1, 0.15) is 5.75 Å². The SMILES string of the molecule is COc1ccc(/C=N/NC(=O)c2cc(C(C)(C)C)[nH]n2)cc1CN1CCc2cc(OC)c(OC)cc2C1C. The first kappa shape index (κ1) is 27.2. The quantitative estimate of drug-likeness (QED) is 0.333. The Kier molecular flexibility index (Phi) is 8.06. The Morgan fingerprint density at radius 3 is 2.47 bits per heavy atom. The van der Waals surface area contributed by atoms with Gasteiger partial charge >= 0.3 is 0 Å². The minimum Gasteiger partial charge on any atom is -0.496 e. The van der Waals surface area contributed by atoms with Crippen LogP contribution in [-0.4, -0.2) is 55.1 Å². The molecule has 1 atom stereocenters. The van der Waals surface area contributed by atoms with Crippen LogP contribution < -0.4 is 19.6 Å². The summed E-state index contributed by atoms with van der Waals surface area (Å²) >= 11 is 0. The highest BCUT2D eigenvalue weighted by Gasteiger charge is 2.27. The molecule has 9 nitrogen and oxygen atoms in total. The van der Waals surface area contributed by atoms with Crippen molar-refractivity contribution >= 4 is 12.1 Å². The topological polar surface area (TPSA) is 101 Å². The van der Waals surface area contributed by atoms with Crippen molar-refractivity contribution in [1.29, 1.82) is 0 Å². The first-order chi connectivity index (χ1) is 18.1. The van der Waals surface area contributed by atoms with Crippen molar-refractivity contribution in [2.75, 3.05) is 27.9 Å². The Hall–Kier alpha value is -3.85. The second kappa shape index (κ2) is 11.3. The van der Waals surface area contributed by atoms with Gasteiger partial charge in [-0.05, 0) is 66.4 Å². The molecule has 0 radical (unpaired) electrons. The molecule has 0 saturated heterocycles. The van der Waals surface area contributed by atoms with Gasteiger partial charge in [0.25, 0.3) is 5.91 Å². The van der Waals surface area contributed by atoms with Crippen LogP contribution >= 0.6 is 0 Å². The minimum atomic E-state index is -0.366. The molecule has 1 aromatic heterocycles. The summed E-state index contributed by atoms with van der Waals surface area (Å²) in [5.41, 5.74) is 8.04. The second-order valence-corrected chi connectivity index (χ2v) is 10.5. The number of carbonyl (C=O) groups excluding carboxylic acids is 1. The molecule has 0 aliphatic carbocycles. The highest BCUT2D eigenvalue weighted by molar-refractivity contribution is 5.93. The van der Waals surface area contributed by atoms with Gasteiger partial charge in [-0.2, -0.15) is 10.2 Å². The lowest BCUT2D eigenvalue weighted by Gasteiger charge is -2.36. The second-order valence-electron chi connectivity index (χ2n) is 10.5. The lowest BCUT2D eigenvalue weighted by molar-refractivity contribution is 0.0950. The number of nitrogens with zero attached hydrogens (tertiary/aromatic N) is 3. The molecule has 1 aliphatic rings. The average Bonchev–Trinajstić information content (AvgIpc) is 3.41. The number of methoxy groups -OCH3 is 3. The molecule has 2 aromatic carbocycles. The Morgan fingerprint density at radius 1 is 1.11 bits per heavy atom. The van der Waals surface area contributed by atoms with E-state index in [-0.39, 0.29) is 17.4 Å². The van der Waals surface area contributed by atoms with E-state index in [1.165, 1.54) is 11.1 Å². The van der Waals surface area contributed by atoms with Crippen LogP contribution in [0, 0.1) is 0 Å². The van der Waals surface area contributed by atoms with Gasteiger partial charge in [-0.3, -0.25) is 14.8 Å². The molecule has 1 aliphatic heterocycles. The van der Waals surface area contributed by atoms with Gasteiger partial charge in [0.15, 0.2) is 17.2 Å². The van der Waals surface area contributed by atoms with Crippen molar-refractivity contribution in [3.05, 3.63) is 70.0 Å². The summed E-state index contributed by atoms with van der Waals surface area (Å²) in [4.78, 5) is 14.9. The van der Waals surface area contributed by atoms with Crippen LogP contribution in [0.25, 0.3) is 0 Å². The number of fused-ring (bicyclic) bond motifs is 1. The summed E-state index contributed by atoms with van der Waals surface area (Å²) < 4.78 is 16.7. The average molecular weight is 520 g/mol. The lowest BCUT2D eigenvalue weighted by Crippen LogP contribution is -2.33. The van der Waals surface area contributed by atoms with Crippen LogP contribution in [0.3, 0.4) is 0 Å². The van der Waals surface area contributed by atoms with Crippen LogP contribution in [0.15, 0.2) is 41.5 Å². The molecule has 0 saturated carbocycles. The number of ether oxygens (including phenoxy) is 3. The first-order valence-corrected chi connectivity index (χ1v) is 12.7. The summed E-state index contributed by atoms with van der Waals surface area (Å²) in [5, 5.41) is 11.2. The van der Waals surface area contributed by atoms with Crippen molar-refractivity contribution in [2.24, 2.45) is 5.10 Å². The summed E-state index contributed by atoms with van der Waals surface area (Å²) in [5.74, 6) is 1.94. The molecular formula is C29H37N5O4. The zero-order valence-corrected chi connectivity index (χ0v) is 23.2. The summed E-state index contributed by atoms with van der Waals surface area (Å²) in [7, 11) is 5.00. The van der Waals surface area contributed by atoms with Crippen molar-refractivity contribution in [2.45, 2.75) is 52.1 Å². The van der Waals surface area contributed by atoms with Gasteiger partial charge in [0.05, 0.1) is 27.5 Å². The van der Waals surface area contributed by atoms with Gasteiger partial charge in [-0.1, -0.05) is 20.8 Å². The molecule has 0 fully saturated rings. The van der Waals surface area contributed by atoms with Crippen molar-refractivity contribution < 1.29 is 19.0 Å². The van der Waals surface area contributed by atoms with E-state index in [1.807, 2.05) is 18.2 Å². The number of hydrogen-bond donors (Lipinski definition) is 2. The number of hydrogen-bond acceptors (Lipinski definition) is 7. The smallest absolute Gasteiger partial charge is 0.291 e. The van der Waals surface area contributed by atoms with Crippen LogP contribution in [0.5, 0.6) is 17.2 Å². The Labute approximate surface area is 224 Å². The molecule has 3 aromatic rings. The fraction of sp³-hybridized carbons (Fsp3) is 0.414. The summed E-state index contributed by atoms with van der Waals surface area (Å²) in [6, 6.07) is 12.0. The highest BCUT2D eigenvalue weighted by Crippen LogP contribution is 2.39. The third kappa shape index (κ3) is 5.83. The number of benzene rings is 2. The van der Waals surface area contributed by atoms with E-state index in [0.717, 1.165) is 47.0 Å². The van der Waals surface area contributed by atoms with E-state index in [1.54, 1.807) is 33.6 Å². The van der Waals surface area contributed by atoms with Crippen molar-refractivity contribution in [1.82, 2.24) is 20.5 Å². The van der Waals surface area contributed by atoms with Crippen molar-refractivity contribution in [3.8, 4) is 17.2 Å². The molecule has 9 heteroatoms. The minimum absolute atomic E-state index is 0.124. The summed E-state index contributed by atoms with van der Waals surface area (Å²) in [6.45, 7) is 9.98. The highest BCUT2D eigenvalue weighted by atomic mass is 16.5. The monoisotopic (exact) mass is 519 g/mol. The number of amides is 1.